The van der Waals surface area contributed by atoms with Crippen LogP contribution in [0.2, 0.25) is 0 Å². The molecule has 0 unspecified atom stereocenters. The number of aliphatic hydroxyl groups is 1. The van der Waals surface area contributed by atoms with E-state index < -0.39 is 24.0 Å². The highest BCUT2D eigenvalue weighted by atomic mass is 16.4. The molecule has 0 bridgehead atoms. The summed E-state index contributed by atoms with van der Waals surface area (Å²) in [5.41, 5.74) is 1.60. The maximum absolute atomic E-state index is 12.0. The third-order valence-corrected chi connectivity index (χ3v) is 2.96. The largest absolute Gasteiger partial charge is 0.480 e. The van der Waals surface area contributed by atoms with Crippen LogP contribution in [0, 0.1) is 6.92 Å². The van der Waals surface area contributed by atoms with Crippen molar-refractivity contribution in [1.82, 2.24) is 14.7 Å². The molecule has 0 saturated carbocycles. The molecule has 0 spiro atoms. The molecule has 106 valence electrons. The minimum absolute atomic E-state index is 0.103. The first-order valence-corrected chi connectivity index (χ1v) is 6.06. The monoisotopic (exact) mass is 277 g/mol. The van der Waals surface area contributed by atoms with Gasteiger partial charge >= 0.3 is 5.97 Å². The van der Waals surface area contributed by atoms with E-state index in [0.29, 0.717) is 5.65 Å². The van der Waals surface area contributed by atoms with E-state index in [1.165, 1.54) is 13.1 Å². The molecule has 7 heteroatoms. The second-order valence-corrected chi connectivity index (χ2v) is 4.55. The van der Waals surface area contributed by atoms with Gasteiger partial charge in [0.05, 0.1) is 6.10 Å². The molecule has 3 N–H and O–H groups in total. The highest BCUT2D eigenvalue weighted by Crippen LogP contribution is 2.08. The fraction of sp³-hybridized carbons (Fsp3) is 0.308. The number of carboxylic acids is 1. The van der Waals surface area contributed by atoms with Crippen LogP contribution in [0.5, 0.6) is 0 Å². The number of carbonyl (C=O) groups is 2. The molecule has 2 aromatic rings. The van der Waals surface area contributed by atoms with E-state index in [9.17, 15) is 14.7 Å². The van der Waals surface area contributed by atoms with E-state index >= 15 is 0 Å². The van der Waals surface area contributed by atoms with Crippen LogP contribution in [0.1, 0.15) is 23.1 Å². The molecule has 1 amide bonds. The Balaban J connectivity index is 2.27. The third kappa shape index (κ3) is 2.62. The summed E-state index contributed by atoms with van der Waals surface area (Å²) in [6.45, 7) is 3.17. The lowest BCUT2D eigenvalue weighted by Crippen LogP contribution is -2.47. The van der Waals surface area contributed by atoms with Crippen molar-refractivity contribution in [3.05, 3.63) is 35.8 Å². The lowest BCUT2D eigenvalue weighted by molar-refractivity contribution is -0.141. The summed E-state index contributed by atoms with van der Waals surface area (Å²) in [4.78, 5) is 27.0. The van der Waals surface area contributed by atoms with E-state index in [1.807, 2.05) is 19.1 Å². The number of rotatable bonds is 4. The molecule has 2 rings (SSSR count). The number of aliphatic hydroxyl groups excluding tert-OH is 1. The Morgan fingerprint density at radius 3 is 2.65 bits per heavy atom. The number of aryl methyl sites for hydroxylation is 1. The predicted molar refractivity (Wildman–Crippen MR) is 70.5 cm³/mol. The van der Waals surface area contributed by atoms with Gasteiger partial charge in [0, 0.05) is 11.9 Å². The minimum Gasteiger partial charge on any atom is -0.480 e. The van der Waals surface area contributed by atoms with Gasteiger partial charge in [-0.25, -0.2) is 9.78 Å². The average Bonchev–Trinajstić information content (AvgIpc) is 2.80. The van der Waals surface area contributed by atoms with Gasteiger partial charge in [0.1, 0.15) is 11.3 Å². The van der Waals surface area contributed by atoms with Crippen LogP contribution in [-0.4, -0.2) is 43.6 Å². The molecule has 0 aromatic carbocycles. The molecule has 20 heavy (non-hydrogen) atoms. The van der Waals surface area contributed by atoms with Crippen LogP contribution < -0.4 is 5.32 Å². The standard InChI is InChI=1S/C13H15N3O4/c1-7-4-3-5-10-14-9(6-16(7)10)12(18)15-11(8(2)17)13(19)20/h3-6,8,11,17H,1-2H3,(H,15,18)(H,19,20)/t8-,11+/m1/s1. The van der Waals surface area contributed by atoms with Gasteiger partial charge in [-0.1, -0.05) is 6.07 Å². The predicted octanol–water partition coefficient (Wildman–Crippen LogP) is 0.207. The lowest BCUT2D eigenvalue weighted by Gasteiger charge is -2.15. The second kappa shape index (κ2) is 5.30. The number of nitrogens with one attached hydrogen (secondary N) is 1. The Morgan fingerprint density at radius 2 is 2.10 bits per heavy atom. The number of amides is 1. The number of hydrogen-bond donors (Lipinski definition) is 3. The van der Waals surface area contributed by atoms with Gasteiger partial charge in [0.2, 0.25) is 0 Å². The zero-order chi connectivity index (χ0) is 14.9. The van der Waals surface area contributed by atoms with E-state index in [2.05, 4.69) is 10.3 Å². The number of aliphatic carboxylic acids is 1. The quantitative estimate of drug-likeness (QED) is 0.741. The minimum atomic E-state index is -1.37. The smallest absolute Gasteiger partial charge is 0.328 e. The van der Waals surface area contributed by atoms with Gasteiger partial charge in [-0.2, -0.15) is 0 Å². The number of fused-ring (bicyclic) bond motifs is 1. The number of carboxylic acid groups (broad SMARTS) is 1. The number of pyridine rings is 1. The van der Waals surface area contributed by atoms with Crippen molar-refractivity contribution in [1.29, 1.82) is 0 Å². The van der Waals surface area contributed by atoms with Crippen molar-refractivity contribution < 1.29 is 19.8 Å². The molecular formula is C13H15N3O4. The number of aromatic nitrogens is 2. The Labute approximate surface area is 114 Å². The Hall–Kier alpha value is -2.41. The van der Waals surface area contributed by atoms with E-state index in [1.54, 1.807) is 10.5 Å². The van der Waals surface area contributed by atoms with Gasteiger partial charge in [0.25, 0.3) is 5.91 Å². The first kappa shape index (κ1) is 14.0. The van der Waals surface area contributed by atoms with Crippen LogP contribution in [0.15, 0.2) is 24.4 Å². The van der Waals surface area contributed by atoms with Gasteiger partial charge in [-0.15, -0.1) is 0 Å². The summed E-state index contributed by atoms with van der Waals surface area (Å²) < 4.78 is 1.73. The summed E-state index contributed by atoms with van der Waals surface area (Å²) in [6, 6.07) is 4.06. The van der Waals surface area contributed by atoms with Crippen LogP contribution >= 0.6 is 0 Å². The molecule has 2 aromatic heterocycles. The normalized spacial score (nSPS) is 13.9. The van der Waals surface area contributed by atoms with Crippen LogP contribution in [0.25, 0.3) is 5.65 Å². The second-order valence-electron chi connectivity index (χ2n) is 4.55. The van der Waals surface area contributed by atoms with E-state index in [4.69, 9.17) is 5.11 Å². The molecular weight excluding hydrogens is 262 g/mol. The molecule has 0 aliphatic rings. The zero-order valence-electron chi connectivity index (χ0n) is 11.1. The lowest BCUT2D eigenvalue weighted by atomic mass is 10.2. The summed E-state index contributed by atoms with van der Waals surface area (Å²) in [5, 5.41) is 20.5. The van der Waals surface area contributed by atoms with Crippen molar-refractivity contribution in [2.24, 2.45) is 0 Å². The average molecular weight is 277 g/mol. The molecule has 0 radical (unpaired) electrons. The fourth-order valence-electron chi connectivity index (χ4n) is 1.86. The van der Waals surface area contributed by atoms with Crippen LogP contribution in [-0.2, 0) is 4.79 Å². The van der Waals surface area contributed by atoms with Gasteiger partial charge in [-0.3, -0.25) is 4.79 Å². The van der Waals surface area contributed by atoms with Crippen molar-refractivity contribution >= 4 is 17.5 Å². The maximum Gasteiger partial charge on any atom is 0.328 e. The summed E-state index contributed by atoms with van der Waals surface area (Å²) in [7, 11) is 0. The van der Waals surface area contributed by atoms with Gasteiger partial charge in [-0.05, 0) is 26.0 Å². The summed E-state index contributed by atoms with van der Waals surface area (Å²) >= 11 is 0. The zero-order valence-corrected chi connectivity index (χ0v) is 11.1. The molecule has 2 heterocycles. The Morgan fingerprint density at radius 1 is 1.40 bits per heavy atom. The van der Waals surface area contributed by atoms with E-state index in [-0.39, 0.29) is 5.69 Å². The first-order valence-electron chi connectivity index (χ1n) is 6.06. The fourth-order valence-corrected chi connectivity index (χ4v) is 1.86. The highest BCUT2D eigenvalue weighted by molar-refractivity contribution is 5.95. The molecule has 2 atom stereocenters. The van der Waals surface area contributed by atoms with Crippen molar-refractivity contribution in [3.8, 4) is 0 Å². The number of nitrogens with zero attached hydrogens (tertiary/aromatic N) is 2. The van der Waals surface area contributed by atoms with Crippen LogP contribution in [0.3, 0.4) is 0 Å². The molecule has 0 aliphatic heterocycles. The summed E-state index contributed by atoms with van der Waals surface area (Å²) in [5.74, 6) is -1.94. The van der Waals surface area contributed by atoms with E-state index in [0.717, 1.165) is 5.69 Å². The van der Waals surface area contributed by atoms with Crippen molar-refractivity contribution in [2.75, 3.05) is 0 Å². The first-order chi connectivity index (χ1) is 9.40. The van der Waals surface area contributed by atoms with Crippen molar-refractivity contribution in [3.63, 3.8) is 0 Å². The van der Waals surface area contributed by atoms with Crippen molar-refractivity contribution in [2.45, 2.75) is 26.0 Å². The Kier molecular flexibility index (Phi) is 3.71. The van der Waals surface area contributed by atoms with Gasteiger partial charge in [0.15, 0.2) is 6.04 Å². The molecule has 0 saturated heterocycles. The summed E-state index contributed by atoms with van der Waals surface area (Å²) in [6.07, 6.45) is 0.330. The molecule has 7 nitrogen and oxygen atoms in total. The SMILES string of the molecule is Cc1cccc2nc(C(=O)N[C@H](C(=O)O)[C@@H](C)O)cn12. The maximum atomic E-state index is 12.0. The Bertz CT molecular complexity index is 663. The third-order valence-electron chi connectivity index (χ3n) is 2.96. The number of hydrogen-bond acceptors (Lipinski definition) is 4. The number of carbonyl (C=O) groups excluding carboxylic acids is 1. The number of imidazole rings is 1. The molecule has 0 aliphatic carbocycles. The molecule has 0 fully saturated rings. The van der Waals surface area contributed by atoms with Crippen LogP contribution in [0.4, 0.5) is 0 Å². The highest BCUT2D eigenvalue weighted by Gasteiger charge is 2.26. The topological polar surface area (TPSA) is 104 Å². The van der Waals surface area contributed by atoms with Gasteiger partial charge < -0.3 is 19.9 Å².